The van der Waals surface area contributed by atoms with Gasteiger partial charge in [0.05, 0.1) is 24.6 Å². The number of aromatic nitrogens is 2. The van der Waals surface area contributed by atoms with Gasteiger partial charge in [-0.25, -0.2) is 23.1 Å². The molecule has 46 heavy (non-hydrogen) atoms. The lowest BCUT2D eigenvalue weighted by Gasteiger charge is -2.35. The minimum Gasteiger partial charge on any atom is -0.481 e. The number of anilines is 1. The van der Waals surface area contributed by atoms with Gasteiger partial charge < -0.3 is 14.7 Å². The molecule has 0 bridgehead atoms. The number of likely N-dealkylation sites (tertiary alicyclic amines) is 1. The molecule has 2 aliphatic rings. The number of carboxylic acids is 1. The normalized spacial score (nSPS) is 16.9. The van der Waals surface area contributed by atoms with Crippen LogP contribution in [-0.4, -0.2) is 97.9 Å². The summed E-state index contributed by atoms with van der Waals surface area (Å²) in [6.07, 6.45) is 5.88. The molecule has 0 atom stereocenters. The van der Waals surface area contributed by atoms with Crippen LogP contribution in [-0.2, 0) is 21.4 Å². The number of carboxylic acid groups (broad SMARTS) is 1. The third-order valence-corrected chi connectivity index (χ3v) is 9.50. The van der Waals surface area contributed by atoms with E-state index < -0.39 is 16.0 Å². The van der Waals surface area contributed by atoms with E-state index in [1.54, 1.807) is 12.3 Å². The number of carbonyl (C=O) groups is 1. The maximum absolute atomic E-state index is 11.4. The van der Waals surface area contributed by atoms with E-state index in [0.717, 1.165) is 75.5 Å². The zero-order valence-electron chi connectivity index (χ0n) is 25.9. The van der Waals surface area contributed by atoms with Crippen molar-refractivity contribution in [1.29, 1.82) is 0 Å². The predicted octanol–water partition coefficient (Wildman–Crippen LogP) is 4.99. The summed E-state index contributed by atoms with van der Waals surface area (Å²) in [5.41, 5.74) is 2.53. The fourth-order valence-corrected chi connectivity index (χ4v) is 6.90. The Morgan fingerprint density at radius 3 is 2.35 bits per heavy atom. The number of aliphatic carboxylic acids is 1. The maximum atomic E-state index is 11.4. The average molecular weight is 692 g/mol. The van der Waals surface area contributed by atoms with Crippen LogP contribution in [0.25, 0.3) is 11.3 Å². The van der Waals surface area contributed by atoms with Gasteiger partial charge in [0, 0.05) is 67.5 Å². The van der Waals surface area contributed by atoms with Gasteiger partial charge in [-0.05, 0) is 80.2 Å². The molecule has 2 N–H and O–H groups in total. The fraction of sp³-hybridized carbons (Fsp3) is 0.469. The molecule has 11 nitrogen and oxygen atoms in total. The van der Waals surface area contributed by atoms with Gasteiger partial charge in [-0.3, -0.25) is 14.6 Å². The van der Waals surface area contributed by atoms with Crippen LogP contribution in [0.15, 0.2) is 48.7 Å². The monoisotopic (exact) mass is 690 g/mol. The largest absolute Gasteiger partial charge is 0.481 e. The number of hydrogen-bond donors (Lipinski definition) is 2. The van der Waals surface area contributed by atoms with Crippen LogP contribution in [0.5, 0.6) is 11.6 Å². The second-order valence-electron chi connectivity index (χ2n) is 12.0. The Hall–Kier alpha value is -3.00. The second-order valence-corrected chi connectivity index (χ2v) is 14.7. The molecule has 248 valence electrons. The number of sulfonamides is 1. The average Bonchev–Trinajstić information content (AvgIpc) is 3.00. The molecule has 0 amide bonds. The van der Waals surface area contributed by atoms with Gasteiger partial charge in [0.15, 0.2) is 0 Å². The number of hydrogen-bond acceptors (Lipinski definition) is 9. The summed E-state index contributed by atoms with van der Waals surface area (Å²) in [5.74, 6) is 1.56. The third-order valence-electron chi connectivity index (χ3n) is 8.33. The molecule has 2 aliphatic heterocycles. The van der Waals surface area contributed by atoms with E-state index in [9.17, 15) is 13.2 Å². The maximum Gasteiger partial charge on any atom is 0.304 e. The minimum absolute atomic E-state index is 0.150. The van der Waals surface area contributed by atoms with E-state index >= 15 is 0 Å². The summed E-state index contributed by atoms with van der Waals surface area (Å²) in [6, 6.07) is 13.1. The number of nitrogens with one attached hydrogen (secondary N) is 1. The van der Waals surface area contributed by atoms with Crippen molar-refractivity contribution in [2.75, 3.05) is 63.5 Å². The Bertz CT molecular complexity index is 1570. The highest BCUT2D eigenvalue weighted by atomic mass is 35.5. The molecule has 5 rings (SSSR count). The zero-order chi connectivity index (χ0) is 32.7. The standard InChI is InChI=1S/C32H40Cl2N6O5S/c1-46(43,44)36-8-4-23-5-9-39(10-6-23)22-24-16-29(25-18-26(33)20-27(34)19-25)37-31(17-24)45-28-2-3-30(35-21-28)40-14-12-38(13-15-40)11-7-32(41)42/h2-3,16-21,23,36H,4-15,22H2,1H3,(H,41,42). The van der Waals surface area contributed by atoms with Crippen LogP contribution in [0.4, 0.5) is 5.82 Å². The Balaban J connectivity index is 1.25. The van der Waals surface area contributed by atoms with Crippen LogP contribution in [0.3, 0.4) is 0 Å². The van der Waals surface area contributed by atoms with Crippen LogP contribution < -0.4 is 14.4 Å². The van der Waals surface area contributed by atoms with Crippen molar-refractivity contribution in [2.45, 2.75) is 32.2 Å². The minimum atomic E-state index is -3.17. The van der Waals surface area contributed by atoms with Crippen molar-refractivity contribution in [1.82, 2.24) is 24.5 Å². The van der Waals surface area contributed by atoms with Gasteiger partial charge in [-0.15, -0.1) is 0 Å². The third kappa shape index (κ3) is 10.5. The first-order valence-corrected chi connectivity index (χ1v) is 18.1. The van der Waals surface area contributed by atoms with Gasteiger partial charge in [-0.1, -0.05) is 23.2 Å². The van der Waals surface area contributed by atoms with Gasteiger partial charge in [-0.2, -0.15) is 0 Å². The Morgan fingerprint density at radius 1 is 1.00 bits per heavy atom. The van der Waals surface area contributed by atoms with Crippen LogP contribution >= 0.6 is 23.2 Å². The quantitative estimate of drug-likeness (QED) is 0.253. The molecule has 0 radical (unpaired) electrons. The van der Waals surface area contributed by atoms with Crippen molar-refractivity contribution >= 4 is 45.0 Å². The van der Waals surface area contributed by atoms with Gasteiger partial charge in [0.2, 0.25) is 15.9 Å². The molecular weight excluding hydrogens is 651 g/mol. The molecule has 1 aromatic carbocycles. The topological polar surface area (TPSA) is 128 Å². The first-order valence-electron chi connectivity index (χ1n) is 15.5. The molecule has 2 saturated heterocycles. The Labute approximate surface area is 280 Å². The summed E-state index contributed by atoms with van der Waals surface area (Å²) in [6.45, 7) is 6.71. The number of rotatable bonds is 13. The molecule has 2 fully saturated rings. The van der Waals surface area contributed by atoms with E-state index in [2.05, 4.69) is 24.4 Å². The van der Waals surface area contributed by atoms with Crippen molar-refractivity contribution in [3.8, 4) is 22.9 Å². The lowest BCUT2D eigenvalue weighted by molar-refractivity contribution is -0.137. The number of piperazine rings is 1. The molecular formula is C32H40Cl2N6O5S. The smallest absolute Gasteiger partial charge is 0.304 e. The fourth-order valence-electron chi connectivity index (χ4n) is 5.89. The second kappa shape index (κ2) is 15.7. The van der Waals surface area contributed by atoms with Crippen LogP contribution in [0, 0.1) is 5.92 Å². The first-order chi connectivity index (χ1) is 22.0. The summed E-state index contributed by atoms with van der Waals surface area (Å²) in [4.78, 5) is 27.1. The number of ether oxygens (including phenoxy) is 1. The van der Waals surface area contributed by atoms with Crippen LogP contribution in [0.2, 0.25) is 10.0 Å². The SMILES string of the molecule is CS(=O)(=O)NCCC1CCN(Cc2cc(Oc3ccc(N4CCN(CCC(=O)O)CC4)nc3)nc(-c3cc(Cl)cc(Cl)c3)c2)CC1. The number of halogens is 2. The Kier molecular flexibility index (Phi) is 11.7. The molecule has 3 aromatic rings. The number of nitrogens with zero attached hydrogens (tertiary/aromatic N) is 5. The van der Waals surface area contributed by atoms with Gasteiger partial charge >= 0.3 is 5.97 Å². The highest BCUT2D eigenvalue weighted by molar-refractivity contribution is 7.88. The number of pyridine rings is 2. The van der Waals surface area contributed by atoms with Crippen molar-refractivity contribution in [3.63, 3.8) is 0 Å². The lowest BCUT2D eigenvalue weighted by atomic mass is 9.93. The molecule has 4 heterocycles. The van der Waals surface area contributed by atoms with Gasteiger partial charge in [0.25, 0.3) is 0 Å². The van der Waals surface area contributed by atoms with Crippen molar-refractivity contribution < 1.29 is 23.1 Å². The van der Waals surface area contributed by atoms with E-state index in [-0.39, 0.29) is 6.42 Å². The lowest BCUT2D eigenvalue weighted by Crippen LogP contribution is -2.47. The molecule has 0 spiro atoms. The van der Waals surface area contributed by atoms with E-state index in [4.69, 9.17) is 38.0 Å². The highest BCUT2D eigenvalue weighted by Gasteiger charge is 2.21. The molecule has 0 aliphatic carbocycles. The van der Waals surface area contributed by atoms with Crippen molar-refractivity contribution in [3.05, 3.63) is 64.3 Å². The predicted molar refractivity (Wildman–Crippen MR) is 180 cm³/mol. The summed E-state index contributed by atoms with van der Waals surface area (Å²) in [7, 11) is -3.17. The van der Waals surface area contributed by atoms with E-state index in [1.165, 1.54) is 6.26 Å². The molecule has 0 unspecified atom stereocenters. The molecule has 2 aromatic heterocycles. The summed E-state index contributed by atoms with van der Waals surface area (Å²) in [5, 5.41) is 9.99. The first kappa shape index (κ1) is 34.3. The summed E-state index contributed by atoms with van der Waals surface area (Å²) < 4.78 is 31.6. The highest BCUT2D eigenvalue weighted by Crippen LogP contribution is 2.31. The molecule has 0 saturated carbocycles. The number of piperidine rings is 1. The van der Waals surface area contributed by atoms with E-state index in [0.29, 0.717) is 52.9 Å². The van der Waals surface area contributed by atoms with E-state index in [1.807, 2.05) is 36.4 Å². The van der Waals surface area contributed by atoms with Gasteiger partial charge in [0.1, 0.15) is 11.6 Å². The van der Waals surface area contributed by atoms with Crippen molar-refractivity contribution in [2.24, 2.45) is 5.92 Å². The Morgan fingerprint density at radius 2 is 1.72 bits per heavy atom. The summed E-state index contributed by atoms with van der Waals surface area (Å²) >= 11 is 12.7. The van der Waals surface area contributed by atoms with Crippen LogP contribution in [0.1, 0.15) is 31.2 Å². The number of benzene rings is 1. The zero-order valence-corrected chi connectivity index (χ0v) is 28.2. The molecule has 14 heteroatoms.